The smallest absolute Gasteiger partial charge is 0.153 e. The van der Waals surface area contributed by atoms with Crippen molar-refractivity contribution < 1.29 is 22.4 Å². The molecule has 0 saturated heterocycles. The standard InChI is InChI=1S/C21H16F4N2O/c22-7-15(17-9-26-19-5-11(24)1-3-13(17)19)21(28)16(8-23)18-10-27-20-6-12(25)2-4-14(18)20/h1-6,9-10,15-16,26-27H,7-8H2. The van der Waals surface area contributed by atoms with Crippen molar-refractivity contribution >= 4 is 27.6 Å². The van der Waals surface area contributed by atoms with Gasteiger partial charge in [-0.3, -0.25) is 4.79 Å². The van der Waals surface area contributed by atoms with Gasteiger partial charge in [0.15, 0.2) is 5.78 Å². The van der Waals surface area contributed by atoms with Crippen molar-refractivity contribution in [1.29, 1.82) is 0 Å². The van der Waals surface area contributed by atoms with Crippen molar-refractivity contribution in [2.45, 2.75) is 11.8 Å². The summed E-state index contributed by atoms with van der Waals surface area (Å²) in [5, 5.41) is 1.02. The number of H-pyrrole nitrogens is 2. The molecule has 2 atom stereocenters. The number of hydrogen-bond donors (Lipinski definition) is 2. The zero-order valence-corrected chi connectivity index (χ0v) is 14.6. The van der Waals surface area contributed by atoms with E-state index in [0.717, 1.165) is 0 Å². The summed E-state index contributed by atoms with van der Waals surface area (Å²) in [7, 11) is 0. The minimum Gasteiger partial charge on any atom is -0.361 e. The lowest BCUT2D eigenvalue weighted by Crippen LogP contribution is -2.23. The third kappa shape index (κ3) is 2.96. The molecule has 7 heteroatoms. The van der Waals surface area contributed by atoms with Crippen LogP contribution in [0.25, 0.3) is 21.8 Å². The molecule has 0 radical (unpaired) electrons. The average Bonchev–Trinajstić information content (AvgIpc) is 3.27. The highest BCUT2D eigenvalue weighted by Gasteiger charge is 2.32. The molecule has 2 aromatic carbocycles. The van der Waals surface area contributed by atoms with Gasteiger partial charge in [-0.05, 0) is 47.5 Å². The fraction of sp³-hybridized carbons (Fsp3) is 0.190. The normalized spacial score (nSPS) is 13.9. The maximum absolute atomic E-state index is 13.9. The van der Waals surface area contributed by atoms with Gasteiger partial charge in [-0.1, -0.05) is 0 Å². The third-order valence-corrected chi connectivity index (χ3v) is 5.10. The van der Waals surface area contributed by atoms with E-state index < -0.39 is 42.6 Å². The zero-order valence-electron chi connectivity index (χ0n) is 14.6. The van der Waals surface area contributed by atoms with Crippen LogP contribution in [-0.4, -0.2) is 29.1 Å². The lowest BCUT2D eigenvalue weighted by atomic mass is 9.84. The Morgan fingerprint density at radius 1 is 0.786 bits per heavy atom. The minimum atomic E-state index is -1.20. The second-order valence-electron chi connectivity index (χ2n) is 6.68. The van der Waals surface area contributed by atoms with Gasteiger partial charge in [-0.25, -0.2) is 17.6 Å². The molecule has 0 amide bonds. The number of aromatic amines is 2. The highest BCUT2D eigenvalue weighted by molar-refractivity contribution is 5.99. The molecule has 2 aromatic heterocycles. The largest absolute Gasteiger partial charge is 0.361 e. The van der Waals surface area contributed by atoms with Crippen molar-refractivity contribution in [2.75, 3.05) is 13.3 Å². The summed E-state index contributed by atoms with van der Waals surface area (Å²) in [4.78, 5) is 18.7. The van der Waals surface area contributed by atoms with Crippen molar-refractivity contribution in [1.82, 2.24) is 9.97 Å². The first-order valence-corrected chi connectivity index (χ1v) is 8.72. The van der Waals surface area contributed by atoms with Gasteiger partial charge in [0, 0.05) is 34.2 Å². The Labute approximate surface area is 157 Å². The van der Waals surface area contributed by atoms with Gasteiger partial charge in [0.2, 0.25) is 0 Å². The van der Waals surface area contributed by atoms with Crippen LogP contribution in [0.1, 0.15) is 23.0 Å². The van der Waals surface area contributed by atoms with Gasteiger partial charge in [0.25, 0.3) is 0 Å². The highest BCUT2D eigenvalue weighted by Crippen LogP contribution is 2.34. The summed E-state index contributed by atoms with van der Waals surface area (Å²) in [6.07, 6.45) is 2.90. The van der Waals surface area contributed by atoms with E-state index in [1.54, 1.807) is 0 Å². The molecule has 3 nitrogen and oxygen atoms in total. The van der Waals surface area contributed by atoms with Gasteiger partial charge < -0.3 is 9.97 Å². The third-order valence-electron chi connectivity index (χ3n) is 5.10. The van der Waals surface area contributed by atoms with Gasteiger partial charge in [0.1, 0.15) is 25.0 Å². The molecule has 4 aromatic rings. The molecule has 0 aliphatic heterocycles. The van der Waals surface area contributed by atoms with E-state index in [9.17, 15) is 22.4 Å². The molecular formula is C21H16F4N2O. The van der Waals surface area contributed by atoms with Crippen LogP contribution in [0.15, 0.2) is 48.8 Å². The van der Waals surface area contributed by atoms with Crippen LogP contribution >= 0.6 is 0 Å². The first-order valence-electron chi connectivity index (χ1n) is 8.72. The summed E-state index contributed by atoms with van der Waals surface area (Å²) in [6.45, 7) is -2.03. The number of ketones is 1. The topological polar surface area (TPSA) is 48.6 Å². The summed E-state index contributed by atoms with van der Waals surface area (Å²) < 4.78 is 54.6. The second-order valence-corrected chi connectivity index (χ2v) is 6.68. The first kappa shape index (κ1) is 18.3. The predicted octanol–water partition coefficient (Wildman–Crippen LogP) is 5.30. The summed E-state index contributed by atoms with van der Waals surface area (Å²) in [5.41, 5.74) is 1.57. The molecule has 144 valence electrons. The van der Waals surface area contributed by atoms with E-state index in [2.05, 4.69) is 9.97 Å². The fourth-order valence-corrected chi connectivity index (χ4v) is 3.69. The van der Waals surface area contributed by atoms with Gasteiger partial charge in [-0.2, -0.15) is 0 Å². The van der Waals surface area contributed by atoms with Crippen LogP contribution in [0.4, 0.5) is 17.6 Å². The molecule has 0 saturated carbocycles. The van der Waals surface area contributed by atoms with Gasteiger partial charge >= 0.3 is 0 Å². The first-order chi connectivity index (χ1) is 13.5. The number of alkyl halides is 2. The lowest BCUT2D eigenvalue weighted by molar-refractivity contribution is -0.122. The second kappa shape index (κ2) is 7.14. The Balaban J connectivity index is 1.75. The van der Waals surface area contributed by atoms with Crippen LogP contribution in [0.2, 0.25) is 0 Å². The zero-order chi connectivity index (χ0) is 19.8. The van der Waals surface area contributed by atoms with E-state index in [1.807, 2.05) is 0 Å². The van der Waals surface area contributed by atoms with Crippen molar-refractivity contribution in [2.24, 2.45) is 0 Å². The number of carbonyl (C=O) groups excluding carboxylic acids is 1. The van der Waals surface area contributed by atoms with Crippen molar-refractivity contribution in [3.63, 3.8) is 0 Å². The predicted molar refractivity (Wildman–Crippen MR) is 99.0 cm³/mol. The maximum atomic E-state index is 13.9. The summed E-state index contributed by atoms with van der Waals surface area (Å²) in [6, 6.07) is 7.87. The molecule has 0 aliphatic rings. The Kier molecular flexibility index (Phi) is 4.66. The molecule has 28 heavy (non-hydrogen) atoms. The molecule has 2 N–H and O–H groups in total. The van der Waals surface area contributed by atoms with Crippen LogP contribution in [0.5, 0.6) is 0 Å². The number of aromatic nitrogens is 2. The van der Waals surface area contributed by atoms with Crippen LogP contribution < -0.4 is 0 Å². The molecule has 0 bridgehead atoms. The molecule has 2 unspecified atom stereocenters. The maximum Gasteiger partial charge on any atom is 0.153 e. The summed E-state index contributed by atoms with van der Waals surface area (Å²) in [5.74, 6) is -3.95. The molecule has 0 fully saturated rings. The number of carbonyl (C=O) groups is 1. The van der Waals surface area contributed by atoms with Gasteiger partial charge in [-0.15, -0.1) is 0 Å². The molecular weight excluding hydrogens is 372 g/mol. The van der Waals surface area contributed by atoms with Crippen LogP contribution in [0, 0.1) is 11.6 Å². The quantitative estimate of drug-likeness (QED) is 0.433. The number of fused-ring (bicyclic) bond motifs is 2. The van der Waals surface area contributed by atoms with E-state index in [0.29, 0.717) is 32.9 Å². The van der Waals surface area contributed by atoms with Crippen molar-refractivity contribution in [3.05, 3.63) is 71.6 Å². The number of Topliss-reactive ketones (excluding diaryl/α,β-unsaturated/α-hetero) is 1. The SMILES string of the molecule is O=C(C(CF)c1c[nH]c2cc(F)ccc12)C(CF)c1c[nH]c2cc(F)ccc12. The summed E-state index contributed by atoms with van der Waals surface area (Å²) >= 11 is 0. The Hall–Kier alpha value is -3.09. The molecule has 2 heterocycles. The molecule has 0 aliphatic carbocycles. The Morgan fingerprint density at radius 3 is 1.61 bits per heavy atom. The van der Waals surface area contributed by atoms with Crippen molar-refractivity contribution in [3.8, 4) is 0 Å². The lowest BCUT2D eigenvalue weighted by Gasteiger charge is -2.18. The number of nitrogens with one attached hydrogen (secondary N) is 2. The number of benzene rings is 2. The van der Waals surface area contributed by atoms with E-state index >= 15 is 0 Å². The van der Waals surface area contributed by atoms with E-state index in [-0.39, 0.29) is 0 Å². The van der Waals surface area contributed by atoms with Gasteiger partial charge in [0.05, 0.1) is 11.8 Å². The fourth-order valence-electron chi connectivity index (χ4n) is 3.69. The molecule has 0 spiro atoms. The monoisotopic (exact) mass is 388 g/mol. The number of halogens is 4. The Morgan fingerprint density at radius 2 is 1.21 bits per heavy atom. The molecule has 4 rings (SSSR count). The Bertz CT molecular complexity index is 1070. The average molecular weight is 388 g/mol. The van der Waals surface area contributed by atoms with E-state index in [4.69, 9.17) is 0 Å². The minimum absolute atomic E-state index is 0.354. The number of hydrogen-bond acceptors (Lipinski definition) is 1. The number of rotatable bonds is 6. The van der Waals surface area contributed by atoms with Crippen LogP contribution in [-0.2, 0) is 4.79 Å². The van der Waals surface area contributed by atoms with Crippen LogP contribution in [0.3, 0.4) is 0 Å². The highest BCUT2D eigenvalue weighted by atomic mass is 19.1. The van der Waals surface area contributed by atoms with E-state index in [1.165, 1.54) is 48.8 Å².